The summed E-state index contributed by atoms with van der Waals surface area (Å²) in [6.07, 6.45) is 3.44. The Morgan fingerprint density at radius 1 is 1.48 bits per heavy atom. The largest absolute Gasteiger partial charge is 0.393 e. The van der Waals surface area contributed by atoms with Crippen LogP contribution >= 0.6 is 11.6 Å². The Balaban J connectivity index is 1.89. The molecule has 0 radical (unpaired) electrons. The first kappa shape index (κ1) is 17.7. The highest BCUT2D eigenvalue weighted by molar-refractivity contribution is 6.30. The highest BCUT2D eigenvalue weighted by atomic mass is 35.5. The minimum Gasteiger partial charge on any atom is -0.393 e. The van der Waals surface area contributed by atoms with Gasteiger partial charge >= 0.3 is 0 Å². The number of aliphatic hydroxyl groups is 1. The van der Waals surface area contributed by atoms with Gasteiger partial charge in [0.2, 0.25) is 0 Å². The molecule has 134 valence electrons. The average Bonchev–Trinajstić information content (AvgIpc) is 2.95. The predicted molar refractivity (Wildman–Crippen MR) is 93.5 cm³/mol. The minimum absolute atomic E-state index is 0.0146. The van der Waals surface area contributed by atoms with E-state index in [1.165, 1.54) is 12.1 Å². The molecule has 6 nitrogen and oxygen atoms in total. The van der Waals surface area contributed by atoms with Crippen LogP contribution in [0.15, 0.2) is 24.4 Å². The molecule has 1 aromatic carbocycles. The van der Waals surface area contributed by atoms with Gasteiger partial charge in [-0.3, -0.25) is 9.48 Å². The van der Waals surface area contributed by atoms with E-state index in [0.29, 0.717) is 18.5 Å². The molecule has 0 aliphatic heterocycles. The van der Waals surface area contributed by atoms with Gasteiger partial charge in [0.25, 0.3) is 5.91 Å². The van der Waals surface area contributed by atoms with Gasteiger partial charge in [-0.1, -0.05) is 18.5 Å². The van der Waals surface area contributed by atoms with E-state index in [9.17, 15) is 14.3 Å². The number of carbonyl (C=O) groups is 1. The highest BCUT2D eigenvalue weighted by Crippen LogP contribution is 2.34. The van der Waals surface area contributed by atoms with E-state index < -0.39 is 11.7 Å². The van der Waals surface area contributed by atoms with Gasteiger partial charge in [-0.15, -0.1) is 0 Å². The number of hydrogen-bond donors (Lipinski definition) is 3. The molecule has 0 saturated heterocycles. The molecular formula is C17H20ClFN4O2. The molecule has 1 fully saturated rings. The van der Waals surface area contributed by atoms with Crippen molar-refractivity contribution in [3.63, 3.8) is 0 Å². The second-order valence-electron chi connectivity index (χ2n) is 6.50. The standard InChI is InChI=1S/C17H20ClFN4O2/c1-9-6-11(24)3-5-15(9)23-8-12(16(20)25)17(22-23)21-10-2-4-13(18)14(19)7-10/h2,4,7-9,11,15,24H,3,5-6H2,1H3,(H2,20,25)(H,21,22)/t9-,11+,15-/m0/s1. The molecule has 4 N–H and O–H groups in total. The van der Waals surface area contributed by atoms with Crippen LogP contribution in [0.25, 0.3) is 0 Å². The second kappa shape index (κ2) is 7.01. The zero-order chi connectivity index (χ0) is 18.1. The second-order valence-corrected chi connectivity index (χ2v) is 6.91. The number of nitrogens with two attached hydrogens (primary N) is 1. The van der Waals surface area contributed by atoms with E-state index in [1.807, 2.05) is 6.92 Å². The van der Waals surface area contributed by atoms with Crippen LogP contribution < -0.4 is 11.1 Å². The fourth-order valence-corrected chi connectivity index (χ4v) is 3.41. The Bertz CT molecular complexity index is 795. The van der Waals surface area contributed by atoms with E-state index in [0.717, 1.165) is 6.42 Å². The maximum atomic E-state index is 13.6. The number of aromatic nitrogens is 2. The monoisotopic (exact) mass is 366 g/mol. The van der Waals surface area contributed by atoms with Crippen molar-refractivity contribution in [3.8, 4) is 0 Å². The fourth-order valence-electron chi connectivity index (χ4n) is 3.29. The van der Waals surface area contributed by atoms with Crippen molar-refractivity contribution in [2.24, 2.45) is 11.7 Å². The molecule has 0 spiro atoms. The zero-order valence-electron chi connectivity index (χ0n) is 13.7. The topological polar surface area (TPSA) is 93.2 Å². The average molecular weight is 367 g/mol. The van der Waals surface area contributed by atoms with Gasteiger partial charge in [-0.2, -0.15) is 5.10 Å². The number of aliphatic hydroxyl groups excluding tert-OH is 1. The Hall–Kier alpha value is -2.12. The lowest BCUT2D eigenvalue weighted by atomic mass is 9.84. The first-order valence-electron chi connectivity index (χ1n) is 8.14. The van der Waals surface area contributed by atoms with Crippen LogP contribution in [0.3, 0.4) is 0 Å². The normalized spacial score (nSPS) is 23.4. The van der Waals surface area contributed by atoms with Gasteiger partial charge in [0, 0.05) is 11.9 Å². The third-order valence-corrected chi connectivity index (χ3v) is 4.92. The zero-order valence-corrected chi connectivity index (χ0v) is 14.5. The minimum atomic E-state index is -0.619. The van der Waals surface area contributed by atoms with Crippen molar-refractivity contribution in [1.29, 1.82) is 0 Å². The molecule has 0 bridgehead atoms. The molecular weight excluding hydrogens is 347 g/mol. The number of anilines is 2. The molecule has 3 rings (SSSR count). The molecule has 1 aliphatic carbocycles. The van der Waals surface area contributed by atoms with Gasteiger partial charge in [-0.25, -0.2) is 4.39 Å². The van der Waals surface area contributed by atoms with Gasteiger partial charge in [0.15, 0.2) is 5.82 Å². The summed E-state index contributed by atoms with van der Waals surface area (Å²) in [5.74, 6) is -0.703. The number of nitrogens with one attached hydrogen (secondary N) is 1. The predicted octanol–water partition coefficient (Wildman–Crippen LogP) is 3.24. The number of nitrogens with zero attached hydrogens (tertiary/aromatic N) is 2. The molecule has 1 aromatic heterocycles. The van der Waals surface area contributed by atoms with E-state index in [-0.39, 0.29) is 34.5 Å². The number of benzene rings is 1. The number of primary amides is 1. The van der Waals surface area contributed by atoms with Crippen LogP contribution in [0.1, 0.15) is 42.6 Å². The first-order chi connectivity index (χ1) is 11.8. The molecule has 0 unspecified atom stereocenters. The summed E-state index contributed by atoms with van der Waals surface area (Å²) < 4.78 is 15.3. The van der Waals surface area contributed by atoms with Crippen molar-refractivity contribution < 1.29 is 14.3 Å². The van der Waals surface area contributed by atoms with Gasteiger partial charge < -0.3 is 16.2 Å². The summed E-state index contributed by atoms with van der Waals surface area (Å²) in [6, 6.07) is 4.31. The SMILES string of the molecule is C[C@H]1C[C@H](O)CC[C@@H]1n1cc(C(N)=O)c(Nc2ccc(Cl)c(F)c2)n1. The van der Waals surface area contributed by atoms with Crippen molar-refractivity contribution in [2.45, 2.75) is 38.3 Å². The Labute approximate surface area is 149 Å². The summed E-state index contributed by atoms with van der Waals surface area (Å²) in [5.41, 5.74) is 6.10. The molecule has 3 atom stereocenters. The van der Waals surface area contributed by atoms with Gasteiger partial charge in [-0.05, 0) is 43.4 Å². The molecule has 1 aliphatic rings. The molecule has 8 heteroatoms. The van der Waals surface area contributed by atoms with Crippen LogP contribution in [0, 0.1) is 11.7 Å². The molecule has 1 heterocycles. The Morgan fingerprint density at radius 3 is 2.88 bits per heavy atom. The van der Waals surface area contributed by atoms with Crippen molar-refractivity contribution in [2.75, 3.05) is 5.32 Å². The van der Waals surface area contributed by atoms with E-state index in [4.69, 9.17) is 17.3 Å². The molecule has 25 heavy (non-hydrogen) atoms. The smallest absolute Gasteiger partial charge is 0.254 e. The quantitative estimate of drug-likeness (QED) is 0.774. The third-order valence-electron chi connectivity index (χ3n) is 4.62. The summed E-state index contributed by atoms with van der Waals surface area (Å²) in [4.78, 5) is 11.8. The number of amides is 1. The number of carbonyl (C=O) groups excluding carboxylic acids is 1. The van der Waals surface area contributed by atoms with Gasteiger partial charge in [0.1, 0.15) is 11.4 Å². The fraction of sp³-hybridized carbons (Fsp3) is 0.412. The van der Waals surface area contributed by atoms with E-state index >= 15 is 0 Å². The van der Waals surface area contributed by atoms with E-state index in [1.54, 1.807) is 16.9 Å². The molecule has 2 aromatic rings. The number of halogens is 2. The maximum Gasteiger partial charge on any atom is 0.254 e. The van der Waals surface area contributed by atoms with Crippen LogP contribution in [0.5, 0.6) is 0 Å². The first-order valence-corrected chi connectivity index (χ1v) is 8.52. The Kier molecular flexibility index (Phi) is 4.96. The summed E-state index contributed by atoms with van der Waals surface area (Å²) in [5, 5.41) is 17.2. The maximum absolute atomic E-state index is 13.6. The molecule has 1 amide bonds. The van der Waals surface area contributed by atoms with Crippen molar-refractivity contribution in [1.82, 2.24) is 9.78 Å². The van der Waals surface area contributed by atoms with Crippen LogP contribution in [-0.2, 0) is 0 Å². The summed E-state index contributed by atoms with van der Waals surface area (Å²) >= 11 is 5.68. The third kappa shape index (κ3) is 3.77. The van der Waals surface area contributed by atoms with Crippen LogP contribution in [0.2, 0.25) is 5.02 Å². The number of rotatable bonds is 4. The van der Waals surface area contributed by atoms with Gasteiger partial charge in [0.05, 0.1) is 17.2 Å². The van der Waals surface area contributed by atoms with Crippen molar-refractivity contribution >= 4 is 29.0 Å². The number of hydrogen-bond acceptors (Lipinski definition) is 4. The summed E-state index contributed by atoms with van der Waals surface area (Å²) in [6.45, 7) is 2.04. The molecule has 1 saturated carbocycles. The lowest BCUT2D eigenvalue weighted by molar-refractivity contribution is 0.0748. The lowest BCUT2D eigenvalue weighted by Gasteiger charge is -2.31. The highest BCUT2D eigenvalue weighted by Gasteiger charge is 2.29. The van der Waals surface area contributed by atoms with Crippen LogP contribution in [0.4, 0.5) is 15.9 Å². The van der Waals surface area contributed by atoms with E-state index in [2.05, 4.69) is 10.4 Å². The lowest BCUT2D eigenvalue weighted by Crippen LogP contribution is -2.28. The Morgan fingerprint density at radius 2 is 2.24 bits per heavy atom. The summed E-state index contributed by atoms with van der Waals surface area (Å²) in [7, 11) is 0. The van der Waals surface area contributed by atoms with Crippen LogP contribution in [-0.4, -0.2) is 26.9 Å². The van der Waals surface area contributed by atoms with Crippen molar-refractivity contribution in [3.05, 3.63) is 40.8 Å².